The number of anilines is 1. The SMILES string of the molecule is NCc1cc(S(=O)(=O)Nc2ccc(Cl)c(Cl)c2)ccc1F. The largest absolute Gasteiger partial charge is 0.326 e. The molecule has 112 valence electrons. The quantitative estimate of drug-likeness (QED) is 0.889. The smallest absolute Gasteiger partial charge is 0.261 e. The zero-order valence-corrected chi connectivity index (χ0v) is 12.9. The molecule has 0 aliphatic rings. The Kier molecular flexibility index (Phi) is 4.73. The second-order valence-electron chi connectivity index (χ2n) is 4.19. The van der Waals surface area contributed by atoms with E-state index in [1.54, 1.807) is 0 Å². The van der Waals surface area contributed by atoms with Crippen LogP contribution in [0.2, 0.25) is 10.0 Å². The van der Waals surface area contributed by atoms with Crippen LogP contribution >= 0.6 is 23.2 Å². The average Bonchev–Trinajstić information content (AvgIpc) is 2.43. The monoisotopic (exact) mass is 348 g/mol. The minimum absolute atomic E-state index is 0.0876. The first-order valence-corrected chi connectivity index (χ1v) is 8.04. The van der Waals surface area contributed by atoms with Crippen molar-refractivity contribution in [3.8, 4) is 0 Å². The van der Waals surface area contributed by atoms with Crippen molar-refractivity contribution in [1.82, 2.24) is 0 Å². The maximum absolute atomic E-state index is 13.4. The number of halogens is 3. The Hall–Kier alpha value is -1.34. The van der Waals surface area contributed by atoms with E-state index in [1.807, 2.05) is 0 Å². The zero-order valence-electron chi connectivity index (χ0n) is 10.6. The Morgan fingerprint density at radius 2 is 1.81 bits per heavy atom. The summed E-state index contributed by atoms with van der Waals surface area (Å²) >= 11 is 11.6. The number of hydrogen-bond acceptors (Lipinski definition) is 3. The Morgan fingerprint density at radius 1 is 1.10 bits per heavy atom. The lowest BCUT2D eigenvalue weighted by Crippen LogP contribution is -2.14. The third-order valence-corrected chi connectivity index (χ3v) is 4.84. The third-order valence-electron chi connectivity index (χ3n) is 2.72. The Bertz CT molecular complexity index is 782. The molecule has 3 N–H and O–H groups in total. The Morgan fingerprint density at radius 3 is 2.43 bits per heavy atom. The van der Waals surface area contributed by atoms with Gasteiger partial charge in [-0.1, -0.05) is 23.2 Å². The summed E-state index contributed by atoms with van der Waals surface area (Å²) in [6.07, 6.45) is 0. The van der Waals surface area contributed by atoms with Crippen LogP contribution in [0, 0.1) is 5.82 Å². The summed E-state index contributed by atoms with van der Waals surface area (Å²) in [4.78, 5) is -0.0876. The van der Waals surface area contributed by atoms with Gasteiger partial charge in [0.05, 0.1) is 20.6 Å². The lowest BCUT2D eigenvalue weighted by Gasteiger charge is -2.10. The van der Waals surface area contributed by atoms with E-state index in [4.69, 9.17) is 28.9 Å². The number of nitrogens with one attached hydrogen (secondary N) is 1. The van der Waals surface area contributed by atoms with Crippen molar-refractivity contribution < 1.29 is 12.8 Å². The van der Waals surface area contributed by atoms with Crippen molar-refractivity contribution in [2.75, 3.05) is 4.72 Å². The normalized spacial score (nSPS) is 11.4. The fourth-order valence-electron chi connectivity index (χ4n) is 1.65. The molecule has 8 heteroatoms. The maximum atomic E-state index is 13.4. The molecular weight excluding hydrogens is 338 g/mol. The molecule has 0 radical (unpaired) electrons. The summed E-state index contributed by atoms with van der Waals surface area (Å²) in [5.74, 6) is -0.550. The van der Waals surface area contributed by atoms with Gasteiger partial charge in [-0.3, -0.25) is 4.72 Å². The van der Waals surface area contributed by atoms with Crippen LogP contribution in [0.25, 0.3) is 0 Å². The summed E-state index contributed by atoms with van der Waals surface area (Å²) < 4.78 is 40.1. The molecule has 2 aromatic carbocycles. The summed E-state index contributed by atoms with van der Waals surface area (Å²) in [7, 11) is -3.87. The van der Waals surface area contributed by atoms with Gasteiger partial charge in [0, 0.05) is 12.1 Å². The molecule has 2 rings (SSSR count). The number of rotatable bonds is 4. The van der Waals surface area contributed by atoms with E-state index in [1.165, 1.54) is 24.3 Å². The van der Waals surface area contributed by atoms with Gasteiger partial charge in [-0.2, -0.15) is 0 Å². The van der Waals surface area contributed by atoms with E-state index in [-0.39, 0.29) is 27.7 Å². The molecule has 0 fully saturated rings. The summed E-state index contributed by atoms with van der Waals surface area (Å²) in [6.45, 7) is -0.0953. The van der Waals surface area contributed by atoms with Crippen LogP contribution in [0.15, 0.2) is 41.3 Å². The van der Waals surface area contributed by atoms with Gasteiger partial charge < -0.3 is 5.73 Å². The molecule has 0 atom stereocenters. The van der Waals surface area contributed by atoms with E-state index < -0.39 is 15.8 Å². The fraction of sp³-hybridized carbons (Fsp3) is 0.0769. The molecule has 4 nitrogen and oxygen atoms in total. The number of nitrogens with two attached hydrogens (primary N) is 1. The molecule has 0 aliphatic heterocycles. The van der Waals surface area contributed by atoms with Crippen LogP contribution in [0.5, 0.6) is 0 Å². The first-order valence-electron chi connectivity index (χ1n) is 5.80. The second kappa shape index (κ2) is 6.19. The van der Waals surface area contributed by atoms with E-state index in [9.17, 15) is 12.8 Å². The highest BCUT2D eigenvalue weighted by Gasteiger charge is 2.16. The predicted octanol–water partition coefficient (Wildman–Crippen LogP) is 3.39. The van der Waals surface area contributed by atoms with Crippen LogP contribution in [0.4, 0.5) is 10.1 Å². The van der Waals surface area contributed by atoms with E-state index in [0.29, 0.717) is 5.02 Å². The van der Waals surface area contributed by atoms with Gasteiger partial charge in [-0.25, -0.2) is 12.8 Å². The first-order chi connectivity index (χ1) is 9.83. The topological polar surface area (TPSA) is 72.2 Å². The number of sulfonamides is 1. The minimum Gasteiger partial charge on any atom is -0.326 e. The van der Waals surface area contributed by atoms with Crippen molar-refractivity contribution in [3.63, 3.8) is 0 Å². The standard InChI is InChI=1S/C13H11Cl2FN2O2S/c14-11-3-1-9(6-12(11)15)18-21(19,20)10-2-4-13(16)8(5-10)7-17/h1-6,18H,7,17H2. The van der Waals surface area contributed by atoms with E-state index in [0.717, 1.165) is 12.1 Å². The van der Waals surface area contributed by atoms with Gasteiger partial charge in [0.15, 0.2) is 0 Å². The van der Waals surface area contributed by atoms with E-state index >= 15 is 0 Å². The molecule has 0 heterocycles. The molecule has 0 aliphatic carbocycles. The fourth-order valence-corrected chi connectivity index (χ4v) is 3.05. The summed E-state index contributed by atoms with van der Waals surface area (Å²) in [5, 5.41) is 0.533. The molecule has 0 saturated carbocycles. The molecule has 0 aromatic heterocycles. The Balaban J connectivity index is 2.35. The molecule has 2 aromatic rings. The average molecular weight is 349 g/mol. The highest BCUT2D eigenvalue weighted by atomic mass is 35.5. The van der Waals surface area contributed by atoms with Crippen LogP contribution in [-0.4, -0.2) is 8.42 Å². The third kappa shape index (κ3) is 3.65. The molecule has 0 amide bonds. The van der Waals surface area contributed by atoms with Gasteiger partial charge in [-0.05, 0) is 36.4 Å². The predicted molar refractivity (Wildman–Crippen MR) is 81.6 cm³/mol. The maximum Gasteiger partial charge on any atom is 0.261 e. The van der Waals surface area contributed by atoms with Crippen LogP contribution in [-0.2, 0) is 16.6 Å². The van der Waals surface area contributed by atoms with Crippen molar-refractivity contribution in [2.45, 2.75) is 11.4 Å². The molecule has 0 saturated heterocycles. The lowest BCUT2D eigenvalue weighted by molar-refractivity contribution is 0.596. The number of benzene rings is 2. The molecular formula is C13H11Cl2FN2O2S. The van der Waals surface area contributed by atoms with E-state index in [2.05, 4.69) is 4.72 Å². The highest BCUT2D eigenvalue weighted by molar-refractivity contribution is 7.92. The summed E-state index contributed by atoms with van der Waals surface area (Å²) in [5.41, 5.74) is 5.73. The van der Waals surface area contributed by atoms with Crippen LogP contribution in [0.3, 0.4) is 0 Å². The molecule has 0 unspecified atom stereocenters. The summed E-state index contributed by atoms with van der Waals surface area (Å²) in [6, 6.07) is 7.74. The molecule has 0 bridgehead atoms. The Labute approximate surface area is 131 Å². The van der Waals surface area contributed by atoms with Crippen molar-refractivity contribution in [1.29, 1.82) is 0 Å². The highest BCUT2D eigenvalue weighted by Crippen LogP contribution is 2.26. The van der Waals surface area contributed by atoms with Crippen molar-refractivity contribution in [2.24, 2.45) is 5.73 Å². The van der Waals surface area contributed by atoms with Crippen LogP contribution in [0.1, 0.15) is 5.56 Å². The lowest BCUT2D eigenvalue weighted by atomic mass is 10.2. The van der Waals surface area contributed by atoms with Gasteiger partial charge in [-0.15, -0.1) is 0 Å². The van der Waals surface area contributed by atoms with Gasteiger partial charge >= 0.3 is 0 Å². The number of hydrogen-bond donors (Lipinski definition) is 2. The van der Waals surface area contributed by atoms with Gasteiger partial charge in [0.2, 0.25) is 0 Å². The van der Waals surface area contributed by atoms with Gasteiger partial charge in [0.25, 0.3) is 10.0 Å². The van der Waals surface area contributed by atoms with Crippen molar-refractivity contribution >= 4 is 38.9 Å². The molecule has 21 heavy (non-hydrogen) atoms. The van der Waals surface area contributed by atoms with Crippen LogP contribution < -0.4 is 10.5 Å². The van der Waals surface area contributed by atoms with Gasteiger partial charge in [0.1, 0.15) is 5.82 Å². The minimum atomic E-state index is -3.87. The zero-order chi connectivity index (χ0) is 15.6. The molecule has 0 spiro atoms. The first kappa shape index (κ1) is 16.0. The van der Waals surface area contributed by atoms with Crippen molar-refractivity contribution in [3.05, 3.63) is 57.8 Å². The second-order valence-corrected chi connectivity index (χ2v) is 6.69.